The van der Waals surface area contributed by atoms with E-state index in [-0.39, 0.29) is 29.7 Å². The minimum absolute atomic E-state index is 0.0833. The van der Waals surface area contributed by atoms with Crippen LogP contribution in [0.3, 0.4) is 0 Å². The number of nitrogens with one attached hydrogen (secondary N) is 1. The summed E-state index contributed by atoms with van der Waals surface area (Å²) >= 11 is 0. The number of carbonyl (C=O) groups excluding carboxylic acids is 3. The van der Waals surface area contributed by atoms with E-state index in [1.807, 2.05) is 18.2 Å². The van der Waals surface area contributed by atoms with Crippen molar-refractivity contribution in [2.24, 2.45) is 5.73 Å². The fourth-order valence-corrected chi connectivity index (χ4v) is 4.63. The summed E-state index contributed by atoms with van der Waals surface area (Å²) in [6.07, 6.45) is 2.43. The lowest BCUT2D eigenvalue weighted by atomic mass is 9.88. The van der Waals surface area contributed by atoms with Gasteiger partial charge in [-0.1, -0.05) is 12.1 Å². The highest BCUT2D eigenvalue weighted by Crippen LogP contribution is 2.31. The lowest BCUT2D eigenvalue weighted by Crippen LogP contribution is -2.54. The fraction of sp³-hybridized carbons (Fsp3) is 0.571. The van der Waals surface area contributed by atoms with E-state index in [2.05, 4.69) is 17.3 Å². The maximum absolute atomic E-state index is 13.0. The van der Waals surface area contributed by atoms with E-state index in [4.69, 9.17) is 10.5 Å². The molecule has 2 fully saturated rings. The quantitative estimate of drug-likeness (QED) is 0.693. The molecule has 1 atom stereocenters. The van der Waals surface area contributed by atoms with Crippen LogP contribution in [0, 0.1) is 0 Å². The Bertz CT molecular complexity index is 834. The number of fused-ring (bicyclic) bond motifs is 1. The summed E-state index contributed by atoms with van der Waals surface area (Å²) in [6.45, 7) is 3.09. The van der Waals surface area contributed by atoms with Gasteiger partial charge in [-0.2, -0.15) is 0 Å². The van der Waals surface area contributed by atoms with E-state index >= 15 is 0 Å². The molecular weight excluding hydrogens is 372 g/mol. The number of carbonyl (C=O) groups is 3. The summed E-state index contributed by atoms with van der Waals surface area (Å²) < 4.78 is 5.50. The molecule has 1 aromatic rings. The molecule has 29 heavy (non-hydrogen) atoms. The Morgan fingerprint density at radius 2 is 2.03 bits per heavy atom. The molecule has 2 saturated heterocycles. The van der Waals surface area contributed by atoms with Crippen LogP contribution in [0.25, 0.3) is 0 Å². The van der Waals surface area contributed by atoms with Crippen LogP contribution in [0.1, 0.15) is 47.2 Å². The first-order valence-electron chi connectivity index (χ1n) is 10.2. The number of rotatable bonds is 5. The number of hydrogen-bond acceptors (Lipinski definition) is 6. The number of nitrogens with zero attached hydrogens (tertiary/aromatic N) is 2. The van der Waals surface area contributed by atoms with E-state index < -0.39 is 6.04 Å². The van der Waals surface area contributed by atoms with Crippen molar-refractivity contribution < 1.29 is 19.1 Å². The van der Waals surface area contributed by atoms with Crippen LogP contribution in [0.2, 0.25) is 0 Å². The smallest absolute Gasteiger partial charge is 0.255 e. The van der Waals surface area contributed by atoms with E-state index in [0.717, 1.165) is 24.0 Å². The standard InChI is InChI=1S/C21H28N4O4/c1-24(21(13-22)6-8-29-9-7-21)11-14-2-3-15-12-25(20(28)16(15)10-14)17-4-5-18(26)23-19(17)27/h2-3,10,17H,4-9,11-13,22H2,1H3,(H,23,26,27). The van der Waals surface area contributed by atoms with Crippen molar-refractivity contribution in [2.45, 2.75) is 50.4 Å². The highest BCUT2D eigenvalue weighted by Gasteiger charge is 2.39. The highest BCUT2D eigenvalue weighted by atomic mass is 16.5. The fourth-order valence-electron chi connectivity index (χ4n) is 4.63. The maximum Gasteiger partial charge on any atom is 0.255 e. The molecule has 1 aromatic carbocycles. The number of benzene rings is 1. The van der Waals surface area contributed by atoms with Gasteiger partial charge in [0, 0.05) is 50.4 Å². The Hall–Kier alpha value is -2.29. The molecule has 4 rings (SSSR count). The van der Waals surface area contributed by atoms with Crippen molar-refractivity contribution in [3.05, 3.63) is 34.9 Å². The van der Waals surface area contributed by atoms with Gasteiger partial charge in [-0.15, -0.1) is 0 Å². The Morgan fingerprint density at radius 3 is 2.72 bits per heavy atom. The zero-order valence-corrected chi connectivity index (χ0v) is 16.8. The molecule has 3 N–H and O–H groups in total. The summed E-state index contributed by atoms with van der Waals surface area (Å²) in [5.41, 5.74) is 8.64. The van der Waals surface area contributed by atoms with Gasteiger partial charge in [0.05, 0.1) is 0 Å². The van der Waals surface area contributed by atoms with Gasteiger partial charge in [0.25, 0.3) is 5.91 Å². The molecule has 3 amide bonds. The third-order valence-corrected chi connectivity index (χ3v) is 6.63. The summed E-state index contributed by atoms with van der Waals surface area (Å²) in [4.78, 5) is 40.4. The van der Waals surface area contributed by atoms with Crippen molar-refractivity contribution in [3.63, 3.8) is 0 Å². The molecule has 0 radical (unpaired) electrons. The number of nitrogens with two attached hydrogens (primary N) is 1. The van der Waals surface area contributed by atoms with Crippen molar-refractivity contribution in [3.8, 4) is 0 Å². The SMILES string of the molecule is CN(Cc1ccc2c(c1)C(=O)N(C1CCC(=O)NC1=O)C2)C1(CN)CCOCC1. The molecule has 0 spiro atoms. The molecule has 1 unspecified atom stereocenters. The van der Waals surface area contributed by atoms with E-state index in [1.54, 1.807) is 4.90 Å². The lowest BCUT2D eigenvalue weighted by Gasteiger charge is -2.44. The van der Waals surface area contributed by atoms with Crippen LogP contribution in [0.5, 0.6) is 0 Å². The molecule has 3 aliphatic rings. The lowest BCUT2D eigenvalue weighted by molar-refractivity contribution is -0.136. The number of hydrogen-bond donors (Lipinski definition) is 2. The normalized spacial score (nSPS) is 24.0. The van der Waals surface area contributed by atoms with Crippen molar-refractivity contribution in [1.82, 2.24) is 15.1 Å². The Labute approximate surface area is 170 Å². The third kappa shape index (κ3) is 3.68. The number of ether oxygens (including phenoxy) is 1. The van der Waals surface area contributed by atoms with Crippen LogP contribution in [-0.4, -0.2) is 65.9 Å². The van der Waals surface area contributed by atoms with Crippen molar-refractivity contribution >= 4 is 17.7 Å². The van der Waals surface area contributed by atoms with Crippen LogP contribution in [-0.2, 0) is 27.4 Å². The van der Waals surface area contributed by atoms with Gasteiger partial charge >= 0.3 is 0 Å². The van der Waals surface area contributed by atoms with Gasteiger partial charge in [-0.25, -0.2) is 0 Å². The average Bonchev–Trinajstić information content (AvgIpc) is 3.04. The largest absolute Gasteiger partial charge is 0.381 e. The third-order valence-electron chi connectivity index (χ3n) is 6.63. The molecule has 156 valence electrons. The predicted octanol–water partition coefficient (Wildman–Crippen LogP) is 0.387. The van der Waals surface area contributed by atoms with E-state index in [0.29, 0.717) is 44.8 Å². The van der Waals surface area contributed by atoms with Crippen molar-refractivity contribution in [2.75, 3.05) is 26.8 Å². The summed E-state index contributed by atoms with van der Waals surface area (Å²) in [6, 6.07) is 5.37. The number of imide groups is 1. The van der Waals surface area contributed by atoms with Crippen LogP contribution in [0.4, 0.5) is 0 Å². The molecule has 3 aliphatic heterocycles. The monoisotopic (exact) mass is 400 g/mol. The summed E-state index contributed by atoms with van der Waals surface area (Å²) in [7, 11) is 2.07. The molecule has 0 aliphatic carbocycles. The number of piperidine rings is 1. The van der Waals surface area contributed by atoms with Gasteiger partial charge < -0.3 is 15.4 Å². The second-order valence-electron chi connectivity index (χ2n) is 8.29. The maximum atomic E-state index is 13.0. The molecule has 0 saturated carbocycles. The summed E-state index contributed by atoms with van der Waals surface area (Å²) in [5.74, 6) is -0.798. The zero-order chi connectivity index (χ0) is 20.6. The van der Waals surface area contributed by atoms with E-state index in [9.17, 15) is 14.4 Å². The molecule has 3 heterocycles. The van der Waals surface area contributed by atoms with Gasteiger partial charge in [-0.05, 0) is 43.5 Å². The van der Waals surface area contributed by atoms with Crippen molar-refractivity contribution in [1.29, 1.82) is 0 Å². The molecule has 8 heteroatoms. The van der Waals surface area contributed by atoms with Gasteiger partial charge in [-0.3, -0.25) is 24.6 Å². The average molecular weight is 400 g/mol. The van der Waals surface area contributed by atoms with Crippen LogP contribution in [0.15, 0.2) is 18.2 Å². The van der Waals surface area contributed by atoms with Gasteiger partial charge in [0.15, 0.2) is 0 Å². The van der Waals surface area contributed by atoms with Crippen LogP contribution < -0.4 is 11.1 Å². The van der Waals surface area contributed by atoms with Crippen LogP contribution >= 0.6 is 0 Å². The molecular formula is C21H28N4O4. The van der Waals surface area contributed by atoms with E-state index in [1.165, 1.54) is 0 Å². The van der Waals surface area contributed by atoms with Gasteiger partial charge in [0.1, 0.15) is 6.04 Å². The molecule has 0 aromatic heterocycles. The minimum atomic E-state index is -0.582. The zero-order valence-electron chi connectivity index (χ0n) is 16.8. The second kappa shape index (κ2) is 7.85. The second-order valence-corrected chi connectivity index (χ2v) is 8.29. The summed E-state index contributed by atoms with van der Waals surface area (Å²) in [5, 5.41) is 2.34. The minimum Gasteiger partial charge on any atom is -0.381 e. The topological polar surface area (TPSA) is 105 Å². The first-order chi connectivity index (χ1) is 13.9. The Balaban J connectivity index is 1.49. The first kappa shape index (κ1) is 20.0. The number of amides is 3. The highest BCUT2D eigenvalue weighted by molar-refractivity contribution is 6.05. The Kier molecular flexibility index (Phi) is 5.42. The van der Waals surface area contributed by atoms with Gasteiger partial charge in [0.2, 0.25) is 11.8 Å². The molecule has 0 bridgehead atoms. The Morgan fingerprint density at radius 1 is 1.28 bits per heavy atom. The predicted molar refractivity (Wildman–Crippen MR) is 106 cm³/mol. The first-order valence-corrected chi connectivity index (χ1v) is 10.2. The number of likely N-dealkylation sites (N-methyl/N-ethyl adjacent to an activating group) is 1. The molecule has 8 nitrogen and oxygen atoms in total.